The molecule has 28 heavy (non-hydrogen) atoms. The van der Waals surface area contributed by atoms with Crippen molar-refractivity contribution in [2.24, 2.45) is 0 Å². The van der Waals surface area contributed by atoms with Crippen LogP contribution < -0.4 is 10.1 Å². The zero-order valence-corrected chi connectivity index (χ0v) is 16.0. The number of urea groups is 1. The van der Waals surface area contributed by atoms with E-state index in [1.165, 1.54) is 4.90 Å². The number of carbonyl (C=O) groups excluding carboxylic acids is 2. The number of ether oxygens (including phenoxy) is 1. The van der Waals surface area contributed by atoms with Gasteiger partial charge in [-0.1, -0.05) is 24.3 Å². The van der Waals surface area contributed by atoms with Gasteiger partial charge in [0.25, 0.3) is 5.91 Å². The highest BCUT2D eigenvalue weighted by Crippen LogP contribution is 2.21. The Morgan fingerprint density at radius 2 is 1.82 bits per heavy atom. The highest BCUT2D eigenvalue weighted by atomic mass is 16.5. The Kier molecular flexibility index (Phi) is 4.77. The first-order valence-electron chi connectivity index (χ1n) is 9.39. The van der Waals surface area contributed by atoms with Crippen LogP contribution in [0.2, 0.25) is 0 Å². The number of benzene rings is 2. The van der Waals surface area contributed by atoms with Crippen LogP contribution in [0.3, 0.4) is 0 Å². The molecule has 1 aliphatic rings. The van der Waals surface area contributed by atoms with Crippen molar-refractivity contribution < 1.29 is 14.3 Å². The summed E-state index contributed by atoms with van der Waals surface area (Å²) in [5.74, 6) is 0.541. The highest BCUT2D eigenvalue weighted by Gasteiger charge is 2.37. The second-order valence-corrected chi connectivity index (χ2v) is 7.23. The number of nitrogens with zero attached hydrogens (tertiary/aromatic N) is 1. The third kappa shape index (κ3) is 3.58. The number of aryl methyl sites for hydroxylation is 2. The molecule has 4 rings (SSSR count). The van der Waals surface area contributed by atoms with Gasteiger partial charge in [0.1, 0.15) is 18.4 Å². The van der Waals surface area contributed by atoms with Crippen molar-refractivity contribution in [3.05, 3.63) is 65.4 Å². The van der Waals surface area contributed by atoms with Crippen LogP contribution in [-0.4, -0.2) is 41.0 Å². The third-order valence-electron chi connectivity index (χ3n) is 4.98. The fourth-order valence-electron chi connectivity index (χ4n) is 3.72. The van der Waals surface area contributed by atoms with Crippen LogP contribution in [0.4, 0.5) is 4.79 Å². The van der Waals surface area contributed by atoms with Crippen LogP contribution in [-0.2, 0) is 11.2 Å². The van der Waals surface area contributed by atoms with Crippen molar-refractivity contribution in [2.45, 2.75) is 26.3 Å². The Morgan fingerprint density at radius 1 is 1.07 bits per heavy atom. The minimum atomic E-state index is -0.548. The molecule has 3 amide bonds. The number of H-pyrrole nitrogens is 1. The molecular formula is C22H23N3O3. The molecule has 0 bridgehead atoms. The number of amides is 3. The minimum absolute atomic E-state index is 0.209. The Labute approximate surface area is 163 Å². The maximum Gasteiger partial charge on any atom is 0.324 e. The molecule has 6 nitrogen and oxygen atoms in total. The van der Waals surface area contributed by atoms with Gasteiger partial charge >= 0.3 is 6.03 Å². The molecule has 1 aliphatic heterocycles. The Balaban J connectivity index is 1.38. The summed E-state index contributed by atoms with van der Waals surface area (Å²) in [6, 6.07) is 13.0. The lowest BCUT2D eigenvalue weighted by molar-refractivity contribution is -0.127. The van der Waals surface area contributed by atoms with Gasteiger partial charge in [-0.15, -0.1) is 0 Å². The summed E-state index contributed by atoms with van der Waals surface area (Å²) in [5, 5.41) is 3.86. The lowest BCUT2D eigenvalue weighted by Crippen LogP contribution is -2.35. The van der Waals surface area contributed by atoms with Crippen LogP contribution in [0.25, 0.3) is 10.9 Å². The van der Waals surface area contributed by atoms with E-state index in [4.69, 9.17) is 4.74 Å². The van der Waals surface area contributed by atoms with E-state index >= 15 is 0 Å². The summed E-state index contributed by atoms with van der Waals surface area (Å²) in [6.07, 6.45) is 2.36. The van der Waals surface area contributed by atoms with Crippen LogP contribution in [0.15, 0.2) is 48.7 Å². The van der Waals surface area contributed by atoms with Crippen LogP contribution in [0.1, 0.15) is 16.7 Å². The predicted molar refractivity (Wildman–Crippen MR) is 107 cm³/mol. The first-order chi connectivity index (χ1) is 13.5. The molecule has 0 unspecified atom stereocenters. The van der Waals surface area contributed by atoms with E-state index in [-0.39, 0.29) is 25.1 Å². The molecule has 0 saturated carbocycles. The molecule has 1 atom stereocenters. The predicted octanol–water partition coefficient (Wildman–Crippen LogP) is 3.33. The number of hydrogen-bond acceptors (Lipinski definition) is 3. The summed E-state index contributed by atoms with van der Waals surface area (Å²) >= 11 is 0. The summed E-state index contributed by atoms with van der Waals surface area (Å²) in [7, 11) is 0. The molecule has 2 heterocycles. The van der Waals surface area contributed by atoms with E-state index in [0.717, 1.165) is 33.3 Å². The van der Waals surface area contributed by atoms with Crippen LogP contribution >= 0.6 is 0 Å². The number of rotatable bonds is 6. The van der Waals surface area contributed by atoms with Crippen molar-refractivity contribution >= 4 is 22.8 Å². The molecule has 1 fully saturated rings. The normalized spacial score (nSPS) is 16.6. The molecule has 0 aliphatic carbocycles. The van der Waals surface area contributed by atoms with Gasteiger partial charge in [-0.3, -0.25) is 9.69 Å². The maximum atomic E-state index is 12.7. The number of fused-ring (bicyclic) bond motifs is 1. The second kappa shape index (κ2) is 7.38. The molecular weight excluding hydrogens is 354 g/mol. The fourth-order valence-corrected chi connectivity index (χ4v) is 3.72. The number of hydrogen-bond donors (Lipinski definition) is 2. The van der Waals surface area contributed by atoms with Crippen molar-refractivity contribution in [3.8, 4) is 5.75 Å². The topological polar surface area (TPSA) is 74.4 Å². The summed E-state index contributed by atoms with van der Waals surface area (Å²) in [5.41, 5.74) is 4.27. The van der Waals surface area contributed by atoms with Gasteiger partial charge in [0.2, 0.25) is 0 Å². The monoisotopic (exact) mass is 377 g/mol. The maximum absolute atomic E-state index is 12.7. The van der Waals surface area contributed by atoms with Crippen molar-refractivity contribution in [3.63, 3.8) is 0 Å². The molecule has 2 N–H and O–H groups in total. The average molecular weight is 377 g/mol. The van der Waals surface area contributed by atoms with E-state index < -0.39 is 6.04 Å². The fraction of sp³-hybridized carbons (Fsp3) is 0.273. The first kappa shape index (κ1) is 18.1. The molecule has 0 spiro atoms. The third-order valence-corrected chi connectivity index (χ3v) is 4.98. The average Bonchev–Trinajstić information content (AvgIpc) is 3.17. The lowest BCUT2D eigenvalue weighted by Gasteiger charge is -2.14. The minimum Gasteiger partial charge on any atom is -0.492 e. The van der Waals surface area contributed by atoms with Gasteiger partial charge in [-0.2, -0.15) is 0 Å². The van der Waals surface area contributed by atoms with E-state index in [2.05, 4.69) is 16.4 Å². The zero-order chi connectivity index (χ0) is 19.7. The van der Waals surface area contributed by atoms with Gasteiger partial charge in [0.15, 0.2) is 0 Å². The number of aromatic amines is 1. The molecule has 1 saturated heterocycles. The summed E-state index contributed by atoms with van der Waals surface area (Å²) in [4.78, 5) is 29.4. The second-order valence-electron chi connectivity index (χ2n) is 7.23. The highest BCUT2D eigenvalue weighted by molar-refractivity contribution is 6.04. The first-order valence-corrected chi connectivity index (χ1v) is 9.39. The van der Waals surface area contributed by atoms with E-state index in [1.54, 1.807) is 0 Å². The molecule has 144 valence electrons. The van der Waals surface area contributed by atoms with Crippen LogP contribution in [0, 0.1) is 13.8 Å². The SMILES string of the molecule is Cc1cc(C)cc(OCCN2C(=O)N[C@H](Cc3c[nH]c4ccccc34)C2=O)c1. The number of para-hydroxylation sites is 1. The van der Waals surface area contributed by atoms with Crippen molar-refractivity contribution in [2.75, 3.05) is 13.2 Å². The lowest BCUT2D eigenvalue weighted by atomic mass is 10.1. The standard InChI is InChI=1S/C22H23N3O3/c1-14-9-15(2)11-17(10-14)28-8-7-25-21(26)20(24-22(25)27)12-16-13-23-19-6-4-3-5-18(16)19/h3-6,9-11,13,20,23H,7-8,12H2,1-2H3,(H,24,27)/t20-/m1/s1. The number of imide groups is 1. The van der Waals surface area contributed by atoms with E-state index in [0.29, 0.717) is 6.42 Å². The quantitative estimate of drug-likeness (QED) is 0.647. The van der Waals surface area contributed by atoms with Crippen molar-refractivity contribution in [1.82, 2.24) is 15.2 Å². The summed E-state index contributed by atoms with van der Waals surface area (Å²) < 4.78 is 5.75. The molecule has 6 heteroatoms. The number of nitrogens with one attached hydrogen (secondary N) is 2. The largest absolute Gasteiger partial charge is 0.492 e. The van der Waals surface area contributed by atoms with E-state index in [9.17, 15) is 9.59 Å². The molecule has 0 radical (unpaired) electrons. The van der Waals surface area contributed by atoms with Gasteiger partial charge in [-0.05, 0) is 48.7 Å². The summed E-state index contributed by atoms with van der Waals surface area (Å²) in [6.45, 7) is 4.50. The van der Waals surface area contributed by atoms with Gasteiger partial charge in [0, 0.05) is 23.5 Å². The zero-order valence-electron chi connectivity index (χ0n) is 16.0. The van der Waals surface area contributed by atoms with Gasteiger partial charge in [0.05, 0.1) is 6.54 Å². The Bertz CT molecular complexity index is 1020. The molecule has 1 aromatic heterocycles. The Hall–Kier alpha value is -3.28. The number of carbonyl (C=O) groups is 2. The van der Waals surface area contributed by atoms with Crippen molar-refractivity contribution in [1.29, 1.82) is 0 Å². The van der Waals surface area contributed by atoms with Crippen LogP contribution in [0.5, 0.6) is 5.75 Å². The van der Waals surface area contributed by atoms with Gasteiger partial charge in [-0.25, -0.2) is 4.79 Å². The number of aromatic nitrogens is 1. The van der Waals surface area contributed by atoms with E-state index in [1.807, 2.05) is 56.4 Å². The molecule has 3 aromatic rings. The Morgan fingerprint density at radius 3 is 2.61 bits per heavy atom. The van der Waals surface area contributed by atoms with Gasteiger partial charge < -0.3 is 15.0 Å². The smallest absolute Gasteiger partial charge is 0.324 e. The molecule has 2 aromatic carbocycles.